The molecule has 0 spiro atoms. The van der Waals surface area contributed by atoms with Crippen LogP contribution in [0.2, 0.25) is 0 Å². The third-order valence-corrected chi connectivity index (χ3v) is 6.83. The van der Waals surface area contributed by atoms with Gasteiger partial charge in [-0.2, -0.15) is 0 Å². The standard InChI is InChI=1S/C27H53N3O2/c1-6-7-8-9-10-11-12-15-18-21-27(4)25(31)30(26(32)28-27)23-29(5)22-19-16-13-14-17-20-24(2)3/h24H,6-23H2,1-5H3,(H,28,32). The van der Waals surface area contributed by atoms with Gasteiger partial charge < -0.3 is 5.32 Å². The van der Waals surface area contributed by atoms with E-state index in [0.29, 0.717) is 6.67 Å². The molecule has 1 unspecified atom stereocenters. The number of carbonyl (C=O) groups excluding carboxylic acids is 2. The summed E-state index contributed by atoms with van der Waals surface area (Å²) in [6, 6.07) is -0.228. The van der Waals surface area contributed by atoms with Crippen molar-refractivity contribution < 1.29 is 9.59 Å². The number of rotatable bonds is 20. The third-order valence-electron chi connectivity index (χ3n) is 6.83. The Hall–Kier alpha value is -1.10. The maximum atomic E-state index is 13.0. The summed E-state index contributed by atoms with van der Waals surface area (Å²) in [5, 5.41) is 2.97. The van der Waals surface area contributed by atoms with Gasteiger partial charge in [0.25, 0.3) is 5.91 Å². The fraction of sp³-hybridized carbons (Fsp3) is 0.926. The summed E-state index contributed by atoms with van der Waals surface area (Å²) in [5.74, 6) is 0.749. The number of unbranched alkanes of at least 4 members (excludes halogenated alkanes) is 12. The van der Waals surface area contributed by atoms with E-state index in [2.05, 4.69) is 31.0 Å². The zero-order chi connectivity index (χ0) is 23.8. The van der Waals surface area contributed by atoms with E-state index >= 15 is 0 Å². The first-order valence-corrected chi connectivity index (χ1v) is 13.6. The molecule has 1 aliphatic rings. The van der Waals surface area contributed by atoms with Crippen molar-refractivity contribution in [3.8, 4) is 0 Å². The smallest absolute Gasteiger partial charge is 0.323 e. The van der Waals surface area contributed by atoms with Crippen molar-refractivity contribution in [3.05, 3.63) is 0 Å². The van der Waals surface area contributed by atoms with Crippen LogP contribution in [0.3, 0.4) is 0 Å². The van der Waals surface area contributed by atoms with Crippen LogP contribution in [0.5, 0.6) is 0 Å². The highest BCUT2D eigenvalue weighted by atomic mass is 16.2. The Balaban J connectivity index is 2.20. The summed E-state index contributed by atoms with van der Waals surface area (Å²) in [6.45, 7) is 10.0. The minimum Gasteiger partial charge on any atom is -0.323 e. The lowest BCUT2D eigenvalue weighted by Gasteiger charge is -2.24. The Morgan fingerprint density at radius 1 is 0.844 bits per heavy atom. The molecule has 3 amide bonds. The molecular formula is C27H53N3O2. The van der Waals surface area contributed by atoms with Crippen molar-refractivity contribution in [2.75, 3.05) is 20.3 Å². The van der Waals surface area contributed by atoms with E-state index in [1.165, 1.54) is 81.9 Å². The van der Waals surface area contributed by atoms with Crippen molar-refractivity contribution in [2.45, 2.75) is 136 Å². The lowest BCUT2D eigenvalue weighted by molar-refractivity contribution is -0.132. The molecular weight excluding hydrogens is 398 g/mol. The second-order valence-electron chi connectivity index (χ2n) is 10.7. The summed E-state index contributed by atoms with van der Waals surface area (Å²) < 4.78 is 0. The monoisotopic (exact) mass is 451 g/mol. The Labute approximate surface area is 199 Å². The summed E-state index contributed by atoms with van der Waals surface area (Å²) >= 11 is 0. The van der Waals surface area contributed by atoms with Crippen LogP contribution in [-0.4, -0.2) is 47.5 Å². The molecule has 1 saturated heterocycles. The van der Waals surface area contributed by atoms with Crippen LogP contribution in [0.4, 0.5) is 4.79 Å². The quantitative estimate of drug-likeness (QED) is 0.159. The zero-order valence-electron chi connectivity index (χ0n) is 22.0. The van der Waals surface area contributed by atoms with Gasteiger partial charge in [0.05, 0.1) is 6.67 Å². The predicted molar refractivity (Wildman–Crippen MR) is 136 cm³/mol. The van der Waals surface area contributed by atoms with E-state index in [1.54, 1.807) is 0 Å². The summed E-state index contributed by atoms with van der Waals surface area (Å²) in [5.41, 5.74) is -0.727. The van der Waals surface area contributed by atoms with Gasteiger partial charge in [-0.25, -0.2) is 9.69 Å². The summed E-state index contributed by atoms with van der Waals surface area (Å²) in [4.78, 5) is 28.9. The number of nitrogens with one attached hydrogen (secondary N) is 1. The Kier molecular flexibility index (Phi) is 14.9. The maximum Gasteiger partial charge on any atom is 0.326 e. The van der Waals surface area contributed by atoms with E-state index in [4.69, 9.17) is 0 Å². The first-order valence-electron chi connectivity index (χ1n) is 13.6. The average molecular weight is 452 g/mol. The van der Waals surface area contributed by atoms with Crippen LogP contribution in [-0.2, 0) is 4.79 Å². The minimum atomic E-state index is -0.727. The molecule has 1 rings (SSSR count). The number of carbonyl (C=O) groups is 2. The van der Waals surface area contributed by atoms with Gasteiger partial charge in [-0.05, 0) is 39.3 Å². The average Bonchev–Trinajstić information content (AvgIpc) is 2.95. The first kappa shape index (κ1) is 28.9. The summed E-state index contributed by atoms with van der Waals surface area (Å²) in [7, 11) is 2.01. The molecule has 5 nitrogen and oxygen atoms in total. The molecule has 0 bridgehead atoms. The first-order chi connectivity index (χ1) is 15.3. The van der Waals surface area contributed by atoms with Crippen LogP contribution < -0.4 is 5.32 Å². The highest BCUT2D eigenvalue weighted by Gasteiger charge is 2.47. The Bertz CT molecular complexity index is 523. The third kappa shape index (κ3) is 11.7. The van der Waals surface area contributed by atoms with E-state index in [-0.39, 0.29) is 11.9 Å². The van der Waals surface area contributed by atoms with Gasteiger partial charge >= 0.3 is 6.03 Å². The molecule has 1 fully saturated rings. The van der Waals surface area contributed by atoms with Crippen LogP contribution in [0.15, 0.2) is 0 Å². The molecule has 5 heteroatoms. The second-order valence-corrected chi connectivity index (χ2v) is 10.7. The molecule has 1 heterocycles. The zero-order valence-corrected chi connectivity index (χ0v) is 22.0. The van der Waals surface area contributed by atoms with Gasteiger partial charge in [-0.15, -0.1) is 0 Å². The minimum absolute atomic E-state index is 0.0531. The topological polar surface area (TPSA) is 52.7 Å². The van der Waals surface area contributed by atoms with Crippen molar-refractivity contribution in [1.29, 1.82) is 0 Å². The molecule has 1 aliphatic heterocycles. The van der Waals surface area contributed by atoms with Gasteiger partial charge in [0.1, 0.15) is 5.54 Å². The molecule has 32 heavy (non-hydrogen) atoms. The fourth-order valence-corrected chi connectivity index (χ4v) is 4.61. The second kappa shape index (κ2) is 16.5. The van der Waals surface area contributed by atoms with Crippen LogP contribution in [0.25, 0.3) is 0 Å². The van der Waals surface area contributed by atoms with Gasteiger partial charge in [-0.3, -0.25) is 9.69 Å². The largest absolute Gasteiger partial charge is 0.326 e. The SMILES string of the molecule is CCCCCCCCCCCC1(C)NC(=O)N(CN(C)CCCCCCCC(C)C)C1=O. The summed E-state index contributed by atoms with van der Waals surface area (Å²) in [6.07, 6.45) is 19.7. The molecule has 0 aromatic carbocycles. The van der Waals surface area contributed by atoms with Gasteiger partial charge in [0.2, 0.25) is 0 Å². The van der Waals surface area contributed by atoms with Crippen molar-refractivity contribution >= 4 is 11.9 Å². The fourth-order valence-electron chi connectivity index (χ4n) is 4.61. The lowest BCUT2D eigenvalue weighted by Crippen LogP contribution is -2.45. The molecule has 0 aromatic rings. The number of urea groups is 1. The van der Waals surface area contributed by atoms with Crippen LogP contribution in [0.1, 0.15) is 130 Å². The molecule has 0 saturated carbocycles. The van der Waals surface area contributed by atoms with Gasteiger partial charge in [0.15, 0.2) is 0 Å². The van der Waals surface area contributed by atoms with Gasteiger partial charge in [0, 0.05) is 0 Å². The highest BCUT2D eigenvalue weighted by Crippen LogP contribution is 2.24. The number of hydrogen-bond acceptors (Lipinski definition) is 3. The van der Waals surface area contributed by atoms with E-state index < -0.39 is 5.54 Å². The van der Waals surface area contributed by atoms with Crippen molar-refractivity contribution in [2.24, 2.45) is 5.92 Å². The van der Waals surface area contributed by atoms with Crippen molar-refractivity contribution in [1.82, 2.24) is 15.1 Å². The number of amides is 3. The predicted octanol–water partition coefficient (Wildman–Crippen LogP) is 7.10. The van der Waals surface area contributed by atoms with Gasteiger partial charge in [-0.1, -0.05) is 111 Å². The van der Waals surface area contributed by atoms with E-state index in [1.807, 2.05) is 14.0 Å². The molecule has 188 valence electrons. The van der Waals surface area contributed by atoms with Crippen molar-refractivity contribution in [3.63, 3.8) is 0 Å². The Morgan fingerprint density at radius 2 is 1.38 bits per heavy atom. The number of hydrogen-bond donors (Lipinski definition) is 1. The van der Waals surface area contributed by atoms with E-state index in [9.17, 15) is 9.59 Å². The highest BCUT2D eigenvalue weighted by molar-refractivity contribution is 6.06. The maximum absolute atomic E-state index is 13.0. The molecule has 0 aromatic heterocycles. The normalized spacial score (nSPS) is 18.9. The van der Waals surface area contributed by atoms with Crippen LogP contribution >= 0.6 is 0 Å². The van der Waals surface area contributed by atoms with E-state index in [0.717, 1.165) is 38.1 Å². The molecule has 0 aliphatic carbocycles. The van der Waals surface area contributed by atoms with Crippen LogP contribution in [0, 0.1) is 5.92 Å². The lowest BCUT2D eigenvalue weighted by atomic mass is 9.94. The molecule has 1 N–H and O–H groups in total. The Morgan fingerprint density at radius 3 is 1.97 bits per heavy atom. The molecule has 0 radical (unpaired) electrons. The number of nitrogens with zero attached hydrogens (tertiary/aromatic N) is 2. The number of imide groups is 1. The molecule has 1 atom stereocenters.